The minimum Gasteiger partial charge on any atom is -0.468 e. The first-order valence-corrected chi connectivity index (χ1v) is 11.9. The summed E-state index contributed by atoms with van der Waals surface area (Å²) < 4.78 is 29.2. The molecule has 0 aromatic heterocycles. The molecule has 4 aliphatic heterocycles. The highest BCUT2D eigenvalue weighted by atomic mass is 16.7. The van der Waals surface area contributed by atoms with E-state index in [0.717, 1.165) is 0 Å². The van der Waals surface area contributed by atoms with Gasteiger partial charge in [-0.05, 0) is 57.3 Å². The summed E-state index contributed by atoms with van der Waals surface area (Å²) in [4.78, 5) is 39.9. The zero-order valence-electron chi connectivity index (χ0n) is 20.7. The first kappa shape index (κ1) is 22.9. The number of carbonyl (C=O) groups is 3. The zero-order valence-corrected chi connectivity index (χ0v) is 20.7. The molecule has 0 aromatic rings. The molecule has 3 saturated heterocycles. The van der Waals surface area contributed by atoms with Gasteiger partial charge in [0.05, 0.1) is 24.5 Å². The normalized spacial score (nSPS) is 50.7. The fourth-order valence-electron chi connectivity index (χ4n) is 8.23. The number of methoxy groups -OCH3 is 1. The number of rotatable bonds is 1. The van der Waals surface area contributed by atoms with E-state index in [4.69, 9.17) is 23.7 Å². The van der Waals surface area contributed by atoms with Crippen LogP contribution in [0.4, 0.5) is 0 Å². The lowest BCUT2D eigenvalue weighted by Crippen LogP contribution is -2.76. The molecule has 1 saturated carbocycles. The van der Waals surface area contributed by atoms with Gasteiger partial charge < -0.3 is 28.8 Å². The van der Waals surface area contributed by atoms with Crippen molar-refractivity contribution in [3.8, 4) is 0 Å². The fourth-order valence-corrected chi connectivity index (χ4v) is 8.23. The third-order valence-corrected chi connectivity index (χ3v) is 9.82. The van der Waals surface area contributed by atoms with Gasteiger partial charge in [0, 0.05) is 17.1 Å². The van der Waals surface area contributed by atoms with Gasteiger partial charge >= 0.3 is 17.9 Å². The monoisotopic (exact) mass is 486 g/mol. The van der Waals surface area contributed by atoms with Crippen LogP contribution in [0.3, 0.4) is 0 Å². The Morgan fingerprint density at radius 2 is 1.91 bits per heavy atom. The van der Waals surface area contributed by atoms with E-state index in [2.05, 4.69) is 6.58 Å². The molecule has 4 fully saturated rings. The third-order valence-electron chi connectivity index (χ3n) is 9.82. The minimum absolute atomic E-state index is 0.267. The van der Waals surface area contributed by atoms with Gasteiger partial charge in [-0.25, -0.2) is 4.79 Å². The fraction of sp³-hybridized carbons (Fsp3) is 0.654. The van der Waals surface area contributed by atoms with E-state index in [1.807, 2.05) is 13.0 Å². The van der Waals surface area contributed by atoms with Crippen molar-refractivity contribution in [2.45, 2.75) is 70.9 Å². The number of carbonyl (C=O) groups excluding carboxylic acids is 3. The Balaban J connectivity index is 1.73. The number of allylic oxidation sites excluding steroid dienone is 1. The minimum atomic E-state index is -2.12. The Kier molecular flexibility index (Phi) is 4.10. The van der Waals surface area contributed by atoms with Crippen LogP contribution in [-0.2, 0) is 38.1 Å². The second-order valence-corrected chi connectivity index (χ2v) is 11.6. The number of hydrogen-bond acceptors (Lipinski definition) is 9. The van der Waals surface area contributed by atoms with Crippen molar-refractivity contribution >= 4 is 17.9 Å². The van der Waals surface area contributed by atoms with Crippen LogP contribution < -0.4 is 0 Å². The highest BCUT2D eigenvalue weighted by Crippen LogP contribution is 2.79. The predicted octanol–water partition coefficient (Wildman–Crippen LogP) is 1.94. The molecule has 0 amide bonds. The van der Waals surface area contributed by atoms with Gasteiger partial charge in [0.1, 0.15) is 17.1 Å². The number of esters is 3. The van der Waals surface area contributed by atoms with Crippen molar-refractivity contribution < 1.29 is 43.2 Å². The number of fused-ring (bicyclic) bond motifs is 1. The topological polar surface area (TPSA) is 118 Å². The lowest BCUT2D eigenvalue weighted by molar-refractivity contribution is -0.374. The highest BCUT2D eigenvalue weighted by Gasteiger charge is 2.90. The lowest BCUT2D eigenvalue weighted by atomic mass is 9.38. The smallest absolute Gasteiger partial charge is 0.332 e. The van der Waals surface area contributed by atoms with E-state index < -0.39 is 75.9 Å². The summed E-state index contributed by atoms with van der Waals surface area (Å²) in [5.74, 6) is -5.24. The molecule has 188 valence electrons. The SMILES string of the molecule is C=C1C2=CC(=O)OC(C)(C)C2=C[C@@H]2O[C@@]3(O)[C@@H](C)O[C@H]4OC(=O)[C@@]5(C)C[C@H]1[C@]2(C)[C@]3(C(=O)OC)[C@@H]45. The lowest BCUT2D eigenvalue weighted by Gasteiger charge is -2.62. The molecule has 0 bridgehead atoms. The molecule has 0 radical (unpaired) electrons. The number of aliphatic hydroxyl groups is 1. The Labute approximate surface area is 203 Å². The van der Waals surface area contributed by atoms with E-state index in [1.165, 1.54) is 13.2 Å². The average Bonchev–Trinajstić information content (AvgIpc) is 3.10. The van der Waals surface area contributed by atoms with Gasteiger partial charge in [0.15, 0.2) is 0 Å². The molecule has 9 atom stereocenters. The summed E-state index contributed by atoms with van der Waals surface area (Å²) >= 11 is 0. The van der Waals surface area contributed by atoms with Crippen molar-refractivity contribution in [3.05, 3.63) is 35.5 Å². The van der Waals surface area contributed by atoms with Crippen molar-refractivity contribution in [2.75, 3.05) is 7.11 Å². The first-order chi connectivity index (χ1) is 16.2. The molecule has 6 rings (SSSR count). The molecule has 6 aliphatic rings. The number of hydrogen-bond donors (Lipinski definition) is 1. The first-order valence-electron chi connectivity index (χ1n) is 11.9. The van der Waals surface area contributed by atoms with E-state index in [0.29, 0.717) is 16.7 Å². The van der Waals surface area contributed by atoms with Crippen molar-refractivity contribution in [1.82, 2.24) is 0 Å². The van der Waals surface area contributed by atoms with Crippen LogP contribution in [0.2, 0.25) is 0 Å². The molecule has 1 N–H and O–H groups in total. The summed E-state index contributed by atoms with van der Waals surface area (Å²) in [5, 5.41) is 12.3. The van der Waals surface area contributed by atoms with Gasteiger partial charge in [-0.2, -0.15) is 0 Å². The highest BCUT2D eigenvalue weighted by molar-refractivity contribution is 5.90. The molecular weight excluding hydrogens is 456 g/mol. The maximum absolute atomic E-state index is 14.0. The van der Waals surface area contributed by atoms with Crippen LogP contribution in [-0.4, -0.2) is 60.0 Å². The second kappa shape index (κ2) is 6.25. The van der Waals surface area contributed by atoms with Gasteiger partial charge in [-0.3, -0.25) is 9.59 Å². The molecule has 0 aromatic carbocycles. The number of cyclic esters (lactones) is 1. The van der Waals surface area contributed by atoms with E-state index in [-0.39, 0.29) is 6.42 Å². The van der Waals surface area contributed by atoms with Gasteiger partial charge in [-0.1, -0.05) is 13.5 Å². The van der Waals surface area contributed by atoms with E-state index in [9.17, 15) is 19.5 Å². The van der Waals surface area contributed by atoms with Gasteiger partial charge in [0.2, 0.25) is 12.1 Å². The summed E-state index contributed by atoms with van der Waals surface area (Å²) in [5.41, 5.74) is -3.20. The average molecular weight is 487 g/mol. The Morgan fingerprint density at radius 3 is 2.57 bits per heavy atom. The molecule has 0 spiro atoms. The maximum Gasteiger partial charge on any atom is 0.332 e. The quantitative estimate of drug-likeness (QED) is 0.438. The van der Waals surface area contributed by atoms with Crippen molar-refractivity contribution in [1.29, 1.82) is 0 Å². The molecule has 9 nitrogen and oxygen atoms in total. The third kappa shape index (κ3) is 2.17. The summed E-state index contributed by atoms with van der Waals surface area (Å²) in [7, 11) is 1.26. The van der Waals surface area contributed by atoms with Gasteiger partial charge in [-0.15, -0.1) is 0 Å². The summed E-state index contributed by atoms with van der Waals surface area (Å²) in [6.07, 6.45) is 0.621. The zero-order chi connectivity index (χ0) is 25.5. The Hall–Kier alpha value is -2.49. The summed E-state index contributed by atoms with van der Waals surface area (Å²) in [6, 6.07) is 0. The largest absolute Gasteiger partial charge is 0.468 e. The van der Waals surface area contributed by atoms with E-state index in [1.54, 1.807) is 27.7 Å². The van der Waals surface area contributed by atoms with Crippen LogP contribution in [0.15, 0.2) is 35.5 Å². The Bertz CT molecular complexity index is 1180. The molecular formula is C26H30O9. The van der Waals surface area contributed by atoms with Crippen LogP contribution in [0.5, 0.6) is 0 Å². The second-order valence-electron chi connectivity index (χ2n) is 11.6. The molecule has 2 aliphatic carbocycles. The number of ether oxygens (including phenoxy) is 5. The predicted molar refractivity (Wildman–Crippen MR) is 118 cm³/mol. The maximum atomic E-state index is 14.0. The van der Waals surface area contributed by atoms with Crippen LogP contribution in [0, 0.1) is 28.1 Å². The molecule has 35 heavy (non-hydrogen) atoms. The van der Waals surface area contributed by atoms with Crippen molar-refractivity contribution in [2.24, 2.45) is 28.1 Å². The van der Waals surface area contributed by atoms with E-state index >= 15 is 0 Å². The summed E-state index contributed by atoms with van der Waals surface area (Å²) in [6.45, 7) is 13.1. The standard InChI is InChI=1S/C26H30O9/c1-11-13-8-17(27)35-22(3,4)14(13)9-16-24(6)15(11)10-23(5)18-19(33-20(23)28)32-12(2)26(30,34-16)25(18,24)21(29)31-7/h8-9,12,15-16,18-19,30H,1,10H2,2-7H3/t12-,15-,16+,18+,19+,23+,24+,25-,26+/m1/s1. The van der Waals surface area contributed by atoms with Crippen molar-refractivity contribution in [3.63, 3.8) is 0 Å². The molecule has 0 unspecified atom stereocenters. The van der Waals surface area contributed by atoms with Crippen LogP contribution >= 0.6 is 0 Å². The van der Waals surface area contributed by atoms with Gasteiger partial charge in [0.25, 0.3) is 0 Å². The van der Waals surface area contributed by atoms with Crippen LogP contribution in [0.1, 0.15) is 41.0 Å². The molecule has 9 heteroatoms. The Morgan fingerprint density at radius 1 is 1.23 bits per heavy atom. The molecule has 4 heterocycles. The van der Waals surface area contributed by atoms with Crippen LogP contribution in [0.25, 0.3) is 0 Å².